The van der Waals surface area contributed by atoms with Crippen LogP contribution in [0.1, 0.15) is 31.9 Å². The Morgan fingerprint density at radius 2 is 2.12 bits per heavy atom. The minimum atomic E-state index is -0.188. The third-order valence-electron chi connectivity index (χ3n) is 2.58. The molecule has 0 aliphatic carbocycles. The molecule has 1 rings (SSSR count). The average molecular weight is 220 g/mol. The van der Waals surface area contributed by atoms with Gasteiger partial charge in [0.2, 0.25) is 0 Å². The lowest BCUT2D eigenvalue weighted by Gasteiger charge is -2.18. The summed E-state index contributed by atoms with van der Waals surface area (Å²) in [5, 5.41) is 11.9. The first-order chi connectivity index (χ1) is 7.69. The topological polar surface area (TPSA) is 35.8 Å². The van der Waals surface area contributed by atoms with Crippen molar-refractivity contribution in [3.8, 4) is 6.07 Å². The molecule has 0 amide bonds. The molecule has 0 heterocycles. The Balaban J connectivity index is 2.69. The van der Waals surface area contributed by atoms with Gasteiger partial charge in [-0.3, -0.25) is 0 Å². The Morgan fingerprint density at radius 1 is 1.44 bits per heavy atom. The second kappa shape index (κ2) is 6.24. The second-order valence-corrected chi connectivity index (χ2v) is 3.92. The van der Waals surface area contributed by atoms with E-state index in [0.717, 1.165) is 6.42 Å². The molecule has 0 radical (unpaired) electrons. The highest BCUT2D eigenvalue weighted by Crippen LogP contribution is 2.19. The molecule has 0 fully saturated rings. The fourth-order valence-electron chi connectivity index (χ4n) is 1.60. The van der Waals surface area contributed by atoms with Crippen molar-refractivity contribution in [3.63, 3.8) is 0 Å². The smallest absolute Gasteiger partial charge is 0.127 e. The van der Waals surface area contributed by atoms with Crippen molar-refractivity contribution in [1.82, 2.24) is 5.32 Å². The van der Waals surface area contributed by atoms with Crippen LogP contribution in [0.4, 0.5) is 4.39 Å². The molecule has 2 unspecified atom stereocenters. The molecule has 0 saturated heterocycles. The summed E-state index contributed by atoms with van der Waals surface area (Å²) in [4.78, 5) is 0. The predicted molar refractivity (Wildman–Crippen MR) is 62.2 cm³/mol. The van der Waals surface area contributed by atoms with Crippen LogP contribution in [-0.4, -0.2) is 6.54 Å². The highest BCUT2D eigenvalue weighted by Gasteiger charge is 2.13. The maximum Gasteiger partial charge on any atom is 0.127 e. The molecule has 1 aromatic carbocycles. The Hall–Kier alpha value is -1.40. The molecule has 1 N–H and O–H groups in total. The van der Waals surface area contributed by atoms with Gasteiger partial charge in [0.25, 0.3) is 0 Å². The summed E-state index contributed by atoms with van der Waals surface area (Å²) in [6, 6.07) is 8.90. The van der Waals surface area contributed by atoms with Crippen LogP contribution < -0.4 is 5.32 Å². The van der Waals surface area contributed by atoms with Crippen molar-refractivity contribution in [2.75, 3.05) is 6.54 Å². The van der Waals surface area contributed by atoms with E-state index >= 15 is 0 Å². The zero-order chi connectivity index (χ0) is 12.0. The van der Waals surface area contributed by atoms with Crippen LogP contribution >= 0.6 is 0 Å². The number of halogens is 1. The van der Waals surface area contributed by atoms with Crippen molar-refractivity contribution in [3.05, 3.63) is 35.6 Å². The first kappa shape index (κ1) is 12.7. The van der Waals surface area contributed by atoms with E-state index in [4.69, 9.17) is 5.26 Å². The van der Waals surface area contributed by atoms with Crippen LogP contribution in [0, 0.1) is 23.1 Å². The summed E-state index contributed by atoms with van der Waals surface area (Å²) in [5.41, 5.74) is 0.676. The van der Waals surface area contributed by atoms with Crippen LogP contribution in [0.25, 0.3) is 0 Å². The summed E-state index contributed by atoms with van der Waals surface area (Å²) in [7, 11) is 0. The number of hydrogen-bond acceptors (Lipinski definition) is 2. The van der Waals surface area contributed by atoms with E-state index < -0.39 is 0 Å². The van der Waals surface area contributed by atoms with Crippen LogP contribution in [0.3, 0.4) is 0 Å². The van der Waals surface area contributed by atoms with Crippen LogP contribution in [0.5, 0.6) is 0 Å². The van der Waals surface area contributed by atoms with Gasteiger partial charge in [0.1, 0.15) is 5.82 Å². The number of rotatable bonds is 5. The fourth-order valence-corrected chi connectivity index (χ4v) is 1.60. The molecular weight excluding hydrogens is 203 g/mol. The summed E-state index contributed by atoms with van der Waals surface area (Å²) in [6.07, 6.45) is 0.805. The van der Waals surface area contributed by atoms with Gasteiger partial charge in [-0.05, 0) is 19.4 Å². The number of nitrogens with one attached hydrogen (secondary N) is 1. The van der Waals surface area contributed by atoms with E-state index in [2.05, 4.69) is 11.4 Å². The Labute approximate surface area is 96.1 Å². The third-order valence-corrected chi connectivity index (χ3v) is 2.58. The van der Waals surface area contributed by atoms with Crippen molar-refractivity contribution in [1.29, 1.82) is 5.26 Å². The molecule has 0 spiro atoms. The van der Waals surface area contributed by atoms with E-state index in [0.29, 0.717) is 12.1 Å². The molecule has 3 heteroatoms. The highest BCUT2D eigenvalue weighted by molar-refractivity contribution is 5.21. The van der Waals surface area contributed by atoms with Crippen LogP contribution in [0.15, 0.2) is 24.3 Å². The Kier molecular flexibility index (Phi) is 4.94. The van der Waals surface area contributed by atoms with Crippen molar-refractivity contribution < 1.29 is 4.39 Å². The van der Waals surface area contributed by atoms with Gasteiger partial charge in [-0.1, -0.05) is 25.1 Å². The predicted octanol–water partition coefficient (Wildman–Crippen LogP) is 3.03. The zero-order valence-electron chi connectivity index (χ0n) is 9.70. The van der Waals surface area contributed by atoms with Gasteiger partial charge < -0.3 is 5.32 Å². The normalized spacial score (nSPS) is 14.1. The standard InChI is InChI=1S/C13H17FN2/c1-3-13(16-9-10(2)8-15)11-6-4-5-7-12(11)14/h4-7,10,13,16H,3,9H2,1-2H3. The molecule has 0 aliphatic rings. The molecule has 0 aromatic heterocycles. The maximum absolute atomic E-state index is 13.5. The highest BCUT2D eigenvalue weighted by atomic mass is 19.1. The molecule has 0 aliphatic heterocycles. The summed E-state index contributed by atoms with van der Waals surface area (Å²) in [5.74, 6) is -0.243. The molecule has 0 saturated carbocycles. The minimum absolute atomic E-state index is 0.0167. The third kappa shape index (κ3) is 3.32. The average Bonchev–Trinajstić information content (AvgIpc) is 2.31. The number of nitriles is 1. The first-order valence-electron chi connectivity index (χ1n) is 5.56. The van der Waals surface area contributed by atoms with Crippen LogP contribution in [-0.2, 0) is 0 Å². The summed E-state index contributed by atoms with van der Waals surface area (Å²) in [6.45, 7) is 4.44. The SMILES string of the molecule is CCC(NCC(C)C#N)c1ccccc1F. The molecule has 2 nitrogen and oxygen atoms in total. The molecular formula is C13H17FN2. The Morgan fingerprint density at radius 3 is 2.69 bits per heavy atom. The second-order valence-electron chi connectivity index (χ2n) is 3.92. The van der Waals surface area contributed by atoms with Crippen LogP contribution in [0.2, 0.25) is 0 Å². The summed E-state index contributed by atoms with van der Waals surface area (Å²) >= 11 is 0. The van der Waals surface area contributed by atoms with E-state index in [9.17, 15) is 4.39 Å². The lowest BCUT2D eigenvalue weighted by Crippen LogP contribution is -2.26. The van der Waals surface area contributed by atoms with E-state index in [1.807, 2.05) is 19.9 Å². The van der Waals surface area contributed by atoms with Gasteiger partial charge in [0, 0.05) is 18.2 Å². The monoisotopic (exact) mass is 220 g/mol. The number of nitrogens with zero attached hydrogens (tertiary/aromatic N) is 1. The first-order valence-corrected chi connectivity index (χ1v) is 5.56. The van der Waals surface area contributed by atoms with Gasteiger partial charge in [0.05, 0.1) is 12.0 Å². The van der Waals surface area contributed by atoms with Crippen molar-refractivity contribution >= 4 is 0 Å². The Bertz CT molecular complexity index is 370. The number of benzene rings is 1. The van der Waals surface area contributed by atoms with Gasteiger partial charge in [-0.25, -0.2) is 4.39 Å². The molecule has 1 aromatic rings. The molecule has 2 atom stereocenters. The quantitative estimate of drug-likeness (QED) is 0.828. The van der Waals surface area contributed by atoms with E-state index in [-0.39, 0.29) is 17.8 Å². The van der Waals surface area contributed by atoms with Gasteiger partial charge in [-0.2, -0.15) is 5.26 Å². The largest absolute Gasteiger partial charge is 0.309 e. The molecule has 16 heavy (non-hydrogen) atoms. The number of hydrogen-bond donors (Lipinski definition) is 1. The van der Waals surface area contributed by atoms with Gasteiger partial charge in [-0.15, -0.1) is 0 Å². The minimum Gasteiger partial charge on any atom is -0.309 e. The van der Waals surface area contributed by atoms with E-state index in [1.54, 1.807) is 12.1 Å². The fraction of sp³-hybridized carbons (Fsp3) is 0.462. The van der Waals surface area contributed by atoms with E-state index in [1.165, 1.54) is 6.07 Å². The van der Waals surface area contributed by atoms with Gasteiger partial charge >= 0.3 is 0 Å². The molecule has 86 valence electrons. The lowest BCUT2D eigenvalue weighted by molar-refractivity contribution is 0.466. The maximum atomic E-state index is 13.5. The summed E-state index contributed by atoms with van der Waals surface area (Å²) < 4.78 is 13.5. The van der Waals surface area contributed by atoms with Gasteiger partial charge in [0.15, 0.2) is 0 Å². The zero-order valence-corrected chi connectivity index (χ0v) is 9.70. The van der Waals surface area contributed by atoms with Crippen molar-refractivity contribution in [2.45, 2.75) is 26.3 Å². The molecule has 0 bridgehead atoms. The van der Waals surface area contributed by atoms with Crippen molar-refractivity contribution in [2.24, 2.45) is 5.92 Å². The lowest BCUT2D eigenvalue weighted by atomic mass is 10.0.